The molecule has 2 saturated heterocycles. The molecule has 0 N–H and O–H groups in total. The Bertz CT molecular complexity index is 571. The molecule has 0 saturated carbocycles. The van der Waals surface area contributed by atoms with Gasteiger partial charge in [0.2, 0.25) is 5.91 Å². The monoisotopic (exact) mass is 324 g/mol. The number of alkyl halides is 2. The third-order valence-electron chi connectivity index (χ3n) is 4.64. The van der Waals surface area contributed by atoms with Gasteiger partial charge in [-0.05, 0) is 19.8 Å². The molecule has 3 rings (SSSR count). The molecule has 0 aliphatic carbocycles. The molecule has 5 nitrogen and oxygen atoms in total. The Kier molecular flexibility index (Phi) is 4.46. The molecule has 7 heteroatoms. The van der Waals surface area contributed by atoms with Crippen molar-refractivity contribution in [1.29, 1.82) is 0 Å². The molecule has 0 aromatic carbocycles. The zero-order valence-corrected chi connectivity index (χ0v) is 13.3. The summed E-state index contributed by atoms with van der Waals surface area (Å²) in [6, 6.07) is 0. The smallest absolute Gasteiger partial charge is 0.251 e. The lowest BCUT2D eigenvalue weighted by molar-refractivity contribution is -0.141. The van der Waals surface area contributed by atoms with Crippen molar-refractivity contribution in [2.75, 3.05) is 31.1 Å². The van der Waals surface area contributed by atoms with Crippen LogP contribution in [0.1, 0.15) is 31.4 Å². The van der Waals surface area contributed by atoms with Crippen molar-refractivity contribution < 1.29 is 13.6 Å². The summed E-state index contributed by atoms with van der Waals surface area (Å²) in [4.78, 5) is 24.9. The Morgan fingerprint density at radius 3 is 2.70 bits per heavy atom. The van der Waals surface area contributed by atoms with Crippen molar-refractivity contribution in [3.63, 3.8) is 0 Å². The first kappa shape index (κ1) is 16.1. The van der Waals surface area contributed by atoms with Crippen LogP contribution in [0.4, 0.5) is 14.6 Å². The van der Waals surface area contributed by atoms with Gasteiger partial charge in [0.05, 0.1) is 17.8 Å². The number of aromatic nitrogens is 2. The van der Waals surface area contributed by atoms with Crippen LogP contribution in [0.3, 0.4) is 0 Å². The molecule has 126 valence electrons. The Hall–Kier alpha value is -1.79. The van der Waals surface area contributed by atoms with Crippen LogP contribution < -0.4 is 4.90 Å². The maximum absolute atomic E-state index is 13.2. The number of halogens is 2. The molecule has 1 aromatic heterocycles. The number of carbonyl (C=O) groups excluding carboxylic acids is 1. The molecule has 2 aliphatic heterocycles. The van der Waals surface area contributed by atoms with Crippen LogP contribution in [0.25, 0.3) is 0 Å². The molecule has 2 aliphatic rings. The highest BCUT2D eigenvalue weighted by Gasteiger charge is 2.38. The molecule has 23 heavy (non-hydrogen) atoms. The van der Waals surface area contributed by atoms with Crippen LogP contribution in [0.2, 0.25) is 0 Å². The van der Waals surface area contributed by atoms with E-state index >= 15 is 0 Å². The molecule has 1 amide bonds. The van der Waals surface area contributed by atoms with Gasteiger partial charge in [-0.1, -0.05) is 0 Å². The minimum absolute atomic E-state index is 0.00538. The molecular weight excluding hydrogens is 302 g/mol. The van der Waals surface area contributed by atoms with Crippen LogP contribution in [-0.2, 0) is 4.79 Å². The summed E-state index contributed by atoms with van der Waals surface area (Å²) < 4.78 is 26.5. The fourth-order valence-corrected chi connectivity index (χ4v) is 3.30. The number of anilines is 1. The molecular formula is C16H22F2N4O. The first-order valence-corrected chi connectivity index (χ1v) is 8.15. The summed E-state index contributed by atoms with van der Waals surface area (Å²) in [6.07, 6.45) is 4.67. The van der Waals surface area contributed by atoms with Crippen LogP contribution in [0.5, 0.6) is 0 Å². The summed E-state index contributed by atoms with van der Waals surface area (Å²) in [7, 11) is 0. The normalized spacial score (nSPS) is 24.6. The van der Waals surface area contributed by atoms with Gasteiger partial charge in [-0.2, -0.15) is 0 Å². The quantitative estimate of drug-likeness (QED) is 0.837. The van der Waals surface area contributed by atoms with E-state index < -0.39 is 5.92 Å². The van der Waals surface area contributed by atoms with Gasteiger partial charge in [-0.25, -0.2) is 13.8 Å². The highest BCUT2D eigenvalue weighted by Crippen LogP contribution is 2.30. The molecule has 1 aromatic rings. The van der Waals surface area contributed by atoms with Crippen molar-refractivity contribution in [3.05, 3.63) is 18.1 Å². The topological polar surface area (TPSA) is 49.3 Å². The first-order chi connectivity index (χ1) is 10.9. The zero-order chi connectivity index (χ0) is 16.4. The fourth-order valence-electron chi connectivity index (χ4n) is 3.30. The number of hydrogen-bond acceptors (Lipinski definition) is 4. The molecule has 0 spiro atoms. The van der Waals surface area contributed by atoms with Crippen LogP contribution in [-0.4, -0.2) is 52.9 Å². The summed E-state index contributed by atoms with van der Waals surface area (Å²) in [5, 5.41) is 0. The van der Waals surface area contributed by atoms with Gasteiger partial charge in [-0.3, -0.25) is 9.78 Å². The molecule has 2 fully saturated rings. The third kappa shape index (κ3) is 3.76. The number of likely N-dealkylation sites (tertiary alicyclic amines) is 1. The number of carbonyl (C=O) groups is 1. The SMILES string of the molecule is Cc1cncc(N2CCCC(C(=O)N3CCC(F)(F)CC3)C2)n1. The van der Waals surface area contributed by atoms with Gasteiger partial charge in [0.1, 0.15) is 5.82 Å². The van der Waals surface area contributed by atoms with E-state index in [4.69, 9.17) is 0 Å². The van der Waals surface area contributed by atoms with E-state index in [0.29, 0.717) is 6.54 Å². The lowest BCUT2D eigenvalue weighted by atomic mass is 9.95. The number of rotatable bonds is 2. The minimum Gasteiger partial charge on any atom is -0.355 e. The predicted octanol–water partition coefficient (Wildman–Crippen LogP) is 2.26. The van der Waals surface area contributed by atoms with Gasteiger partial charge in [0, 0.05) is 45.2 Å². The van der Waals surface area contributed by atoms with Gasteiger partial charge < -0.3 is 9.80 Å². The van der Waals surface area contributed by atoms with E-state index in [1.54, 1.807) is 17.3 Å². The number of hydrogen-bond donors (Lipinski definition) is 0. The van der Waals surface area contributed by atoms with E-state index in [1.165, 1.54) is 0 Å². The maximum Gasteiger partial charge on any atom is 0.251 e. The first-order valence-electron chi connectivity index (χ1n) is 8.15. The van der Waals surface area contributed by atoms with E-state index in [9.17, 15) is 13.6 Å². The Balaban J connectivity index is 1.63. The zero-order valence-electron chi connectivity index (χ0n) is 13.3. The minimum atomic E-state index is -2.62. The lowest BCUT2D eigenvalue weighted by Crippen LogP contribution is -2.49. The second-order valence-corrected chi connectivity index (χ2v) is 6.49. The van der Waals surface area contributed by atoms with E-state index in [1.807, 2.05) is 6.92 Å². The highest BCUT2D eigenvalue weighted by molar-refractivity contribution is 5.79. The lowest BCUT2D eigenvalue weighted by Gasteiger charge is -2.38. The van der Waals surface area contributed by atoms with Crippen molar-refractivity contribution in [1.82, 2.24) is 14.9 Å². The average Bonchev–Trinajstić information content (AvgIpc) is 2.54. The van der Waals surface area contributed by atoms with Crippen LogP contribution in [0.15, 0.2) is 12.4 Å². The Morgan fingerprint density at radius 1 is 1.26 bits per heavy atom. The largest absolute Gasteiger partial charge is 0.355 e. The summed E-state index contributed by atoms with van der Waals surface area (Å²) >= 11 is 0. The second kappa shape index (κ2) is 6.37. The summed E-state index contributed by atoms with van der Waals surface area (Å²) in [6.45, 7) is 3.64. The number of nitrogens with zero attached hydrogens (tertiary/aromatic N) is 4. The molecule has 0 radical (unpaired) electrons. The third-order valence-corrected chi connectivity index (χ3v) is 4.64. The Labute approximate surface area is 134 Å². The number of aryl methyl sites for hydroxylation is 1. The van der Waals surface area contributed by atoms with Gasteiger partial charge in [0.25, 0.3) is 5.92 Å². The number of amides is 1. The van der Waals surface area contributed by atoms with E-state index in [-0.39, 0.29) is 37.8 Å². The summed E-state index contributed by atoms with van der Waals surface area (Å²) in [5.41, 5.74) is 0.842. The van der Waals surface area contributed by atoms with Gasteiger partial charge >= 0.3 is 0 Å². The molecule has 0 bridgehead atoms. The van der Waals surface area contributed by atoms with Gasteiger partial charge in [0.15, 0.2) is 0 Å². The van der Waals surface area contributed by atoms with Crippen LogP contribution >= 0.6 is 0 Å². The van der Waals surface area contributed by atoms with Crippen molar-refractivity contribution in [2.24, 2.45) is 5.92 Å². The second-order valence-electron chi connectivity index (χ2n) is 6.49. The number of piperidine rings is 2. The van der Waals surface area contributed by atoms with Crippen LogP contribution in [0, 0.1) is 12.8 Å². The highest BCUT2D eigenvalue weighted by atomic mass is 19.3. The van der Waals surface area contributed by atoms with Crippen molar-refractivity contribution >= 4 is 11.7 Å². The molecule has 1 atom stereocenters. The molecule has 3 heterocycles. The fraction of sp³-hybridized carbons (Fsp3) is 0.688. The predicted molar refractivity (Wildman–Crippen MR) is 82.5 cm³/mol. The van der Waals surface area contributed by atoms with E-state index in [2.05, 4.69) is 14.9 Å². The Morgan fingerprint density at radius 2 is 2.00 bits per heavy atom. The standard InChI is InChI=1S/C16H22F2N4O/c1-12-9-19-10-14(20-12)22-6-2-3-13(11-22)15(23)21-7-4-16(17,18)5-8-21/h9-10,13H,2-8,11H2,1H3. The average molecular weight is 324 g/mol. The van der Waals surface area contributed by atoms with Crippen molar-refractivity contribution in [3.8, 4) is 0 Å². The van der Waals surface area contributed by atoms with Crippen molar-refractivity contribution in [2.45, 2.75) is 38.5 Å². The van der Waals surface area contributed by atoms with E-state index in [0.717, 1.165) is 30.9 Å². The van der Waals surface area contributed by atoms with Gasteiger partial charge in [-0.15, -0.1) is 0 Å². The maximum atomic E-state index is 13.2. The molecule has 1 unspecified atom stereocenters. The summed E-state index contributed by atoms with van der Waals surface area (Å²) in [5.74, 6) is -1.97.